The number of nitrogens with one attached hydrogen (secondary N) is 1. The van der Waals surface area contributed by atoms with Crippen molar-refractivity contribution in [3.8, 4) is 11.6 Å². The third kappa shape index (κ3) is 5.21. The van der Waals surface area contributed by atoms with Gasteiger partial charge in [-0.25, -0.2) is 0 Å². The lowest BCUT2D eigenvalue weighted by Crippen LogP contribution is -2.48. The minimum absolute atomic E-state index is 0.0410. The highest BCUT2D eigenvalue weighted by molar-refractivity contribution is 9.10. The first-order valence-corrected chi connectivity index (χ1v) is 15.5. The lowest BCUT2D eigenvalue weighted by Gasteiger charge is -2.34. The Kier molecular flexibility index (Phi) is 7.74. The van der Waals surface area contributed by atoms with E-state index < -0.39 is 0 Å². The molecule has 1 saturated heterocycles. The molecule has 0 bridgehead atoms. The number of benzene rings is 2. The van der Waals surface area contributed by atoms with E-state index in [-0.39, 0.29) is 23.9 Å². The Bertz CT molecular complexity index is 1650. The summed E-state index contributed by atoms with van der Waals surface area (Å²) in [7, 11) is 0. The first-order chi connectivity index (χ1) is 19.7. The number of ether oxygens (including phenoxy) is 1. The molecule has 41 heavy (non-hydrogen) atoms. The smallest absolute Gasteiger partial charge is 0.219 e. The molecule has 2 aromatic heterocycles. The molecule has 1 unspecified atom stereocenters. The Morgan fingerprint density at radius 3 is 2.56 bits per heavy atom. The fourth-order valence-corrected chi connectivity index (χ4v) is 7.13. The molecule has 10 heteroatoms. The number of aromatic hydroxyl groups is 1. The van der Waals surface area contributed by atoms with E-state index in [1.807, 2.05) is 41.5 Å². The van der Waals surface area contributed by atoms with Crippen LogP contribution >= 0.6 is 28.1 Å². The molecule has 4 aromatic rings. The molecule has 216 valence electrons. The van der Waals surface area contributed by atoms with Crippen molar-refractivity contribution in [2.24, 2.45) is 0 Å². The van der Waals surface area contributed by atoms with Crippen LogP contribution in [0.1, 0.15) is 61.8 Å². The molecule has 1 atom stereocenters. The van der Waals surface area contributed by atoms with Gasteiger partial charge in [0, 0.05) is 73.2 Å². The normalized spacial score (nSPS) is 17.2. The number of H-pyrrole nitrogens is 1. The Labute approximate surface area is 253 Å². The van der Waals surface area contributed by atoms with Gasteiger partial charge >= 0.3 is 0 Å². The minimum Gasteiger partial charge on any atom is -0.494 e. The third-order valence-electron chi connectivity index (χ3n) is 8.38. The number of carbonyl (C=O) groups excluding carboxylic acids is 1. The van der Waals surface area contributed by atoms with Crippen LogP contribution in [0, 0.1) is 4.77 Å². The van der Waals surface area contributed by atoms with Crippen LogP contribution in [0.4, 0.5) is 0 Å². The predicted octanol–water partition coefficient (Wildman–Crippen LogP) is 6.02. The van der Waals surface area contributed by atoms with Gasteiger partial charge < -0.3 is 24.3 Å². The molecule has 4 heterocycles. The number of carbonyl (C=O) groups is 1. The second kappa shape index (κ2) is 11.3. The molecule has 6 rings (SSSR count). The highest BCUT2D eigenvalue weighted by atomic mass is 79.9. The van der Waals surface area contributed by atoms with Gasteiger partial charge in [-0.2, -0.15) is 0 Å². The van der Waals surface area contributed by atoms with E-state index in [0.29, 0.717) is 17.8 Å². The van der Waals surface area contributed by atoms with E-state index >= 15 is 0 Å². The molecule has 2 aromatic carbocycles. The van der Waals surface area contributed by atoms with Crippen molar-refractivity contribution >= 4 is 45.0 Å². The number of rotatable bonds is 7. The number of nitrogens with zero attached hydrogens (tertiary/aromatic N) is 4. The summed E-state index contributed by atoms with van der Waals surface area (Å²) >= 11 is 9.58. The zero-order chi connectivity index (χ0) is 28.8. The zero-order valence-electron chi connectivity index (χ0n) is 23.7. The third-order valence-corrected chi connectivity index (χ3v) is 9.27. The molecule has 2 N–H and O–H groups in total. The number of imidazole rings is 1. The SMILES string of the molecule is CC(=O)N1CCN(CCCOc2ccc(C3c4[nH]c5ccc(Br)cc5c4Cc4c(O)n(C(C)C)c(=S)n43)cc2)CC1. The predicted molar refractivity (Wildman–Crippen MR) is 167 cm³/mol. The second-order valence-electron chi connectivity index (χ2n) is 11.3. The average molecular weight is 639 g/mol. The number of hydrogen-bond acceptors (Lipinski definition) is 5. The van der Waals surface area contributed by atoms with Crippen molar-refractivity contribution in [3.63, 3.8) is 0 Å². The van der Waals surface area contributed by atoms with Crippen molar-refractivity contribution in [2.45, 2.75) is 45.7 Å². The molecule has 1 amide bonds. The van der Waals surface area contributed by atoms with Crippen LogP contribution in [0.3, 0.4) is 0 Å². The number of aromatic amines is 1. The molecule has 0 spiro atoms. The average Bonchev–Trinajstić information content (AvgIpc) is 3.44. The summed E-state index contributed by atoms with van der Waals surface area (Å²) in [6.07, 6.45) is 1.53. The summed E-state index contributed by atoms with van der Waals surface area (Å²) in [5, 5.41) is 12.4. The molecule has 0 radical (unpaired) electrons. The maximum atomic E-state index is 11.5. The quantitative estimate of drug-likeness (QED) is 0.168. The standard InChI is InChI=1S/C31H36BrN5O3S/c1-19(2)36-30(39)27-18-25-24-17-22(32)7-10-26(24)33-28(25)29(37(27)31(36)41)21-5-8-23(9-6-21)40-16-4-11-34-12-14-35(15-13-34)20(3)38/h5-10,17,19,29,33,39H,4,11-16,18H2,1-3H3. The number of piperazine rings is 1. The number of halogens is 1. The molecule has 0 aliphatic carbocycles. The molecule has 1 fully saturated rings. The van der Waals surface area contributed by atoms with E-state index in [0.717, 1.165) is 77.2 Å². The molecule has 2 aliphatic heterocycles. The van der Waals surface area contributed by atoms with Crippen LogP contribution in [0.2, 0.25) is 0 Å². The zero-order valence-corrected chi connectivity index (χ0v) is 26.1. The number of amides is 1. The lowest BCUT2D eigenvalue weighted by atomic mass is 9.93. The number of fused-ring (bicyclic) bond motifs is 4. The molecule has 0 saturated carbocycles. The summed E-state index contributed by atoms with van der Waals surface area (Å²) < 4.78 is 11.7. The first-order valence-electron chi connectivity index (χ1n) is 14.3. The fourth-order valence-electron chi connectivity index (χ4n) is 6.25. The largest absolute Gasteiger partial charge is 0.494 e. The van der Waals surface area contributed by atoms with Gasteiger partial charge in [0.05, 0.1) is 12.3 Å². The van der Waals surface area contributed by atoms with Gasteiger partial charge in [-0.15, -0.1) is 0 Å². The van der Waals surface area contributed by atoms with E-state index in [9.17, 15) is 9.90 Å². The maximum Gasteiger partial charge on any atom is 0.219 e. The van der Waals surface area contributed by atoms with Crippen LogP contribution < -0.4 is 4.74 Å². The van der Waals surface area contributed by atoms with Crippen LogP contribution in [-0.4, -0.2) is 74.3 Å². The first kappa shape index (κ1) is 28.1. The summed E-state index contributed by atoms with van der Waals surface area (Å²) in [5.74, 6) is 1.23. The summed E-state index contributed by atoms with van der Waals surface area (Å²) in [5.41, 5.74) is 5.26. The Morgan fingerprint density at radius 2 is 1.88 bits per heavy atom. The Morgan fingerprint density at radius 1 is 1.15 bits per heavy atom. The molecule has 8 nitrogen and oxygen atoms in total. The van der Waals surface area contributed by atoms with Crippen LogP contribution in [-0.2, 0) is 11.2 Å². The minimum atomic E-state index is -0.193. The lowest BCUT2D eigenvalue weighted by molar-refractivity contribution is -0.130. The highest BCUT2D eigenvalue weighted by Gasteiger charge is 2.34. The topological polar surface area (TPSA) is 78.7 Å². The maximum absolute atomic E-state index is 11.5. The van der Waals surface area contributed by atoms with Crippen molar-refractivity contribution in [1.29, 1.82) is 0 Å². The molecule has 2 aliphatic rings. The van der Waals surface area contributed by atoms with Crippen LogP contribution in [0.5, 0.6) is 11.6 Å². The molecular weight excluding hydrogens is 602 g/mol. The van der Waals surface area contributed by atoms with E-state index in [1.165, 1.54) is 5.56 Å². The van der Waals surface area contributed by atoms with E-state index in [2.05, 4.69) is 54.6 Å². The summed E-state index contributed by atoms with van der Waals surface area (Å²) in [6.45, 7) is 10.8. The highest BCUT2D eigenvalue weighted by Crippen LogP contribution is 2.44. The van der Waals surface area contributed by atoms with Gasteiger partial charge in [0.15, 0.2) is 4.77 Å². The number of hydrogen-bond donors (Lipinski definition) is 2. The van der Waals surface area contributed by atoms with Crippen molar-refractivity contribution in [2.75, 3.05) is 39.3 Å². The van der Waals surface area contributed by atoms with Crippen molar-refractivity contribution in [3.05, 3.63) is 74.2 Å². The van der Waals surface area contributed by atoms with Crippen molar-refractivity contribution < 1.29 is 14.6 Å². The Balaban J connectivity index is 1.23. The van der Waals surface area contributed by atoms with Gasteiger partial charge in [-0.05, 0) is 73.9 Å². The van der Waals surface area contributed by atoms with E-state index in [1.54, 1.807) is 6.92 Å². The fraction of sp³-hybridized carbons (Fsp3) is 0.419. The Hall–Kier alpha value is -3.08. The van der Waals surface area contributed by atoms with Crippen molar-refractivity contribution in [1.82, 2.24) is 23.9 Å². The van der Waals surface area contributed by atoms with Gasteiger partial charge in [0.1, 0.15) is 11.8 Å². The monoisotopic (exact) mass is 637 g/mol. The summed E-state index contributed by atoms with van der Waals surface area (Å²) in [4.78, 5) is 19.5. The van der Waals surface area contributed by atoms with Crippen LogP contribution in [0.15, 0.2) is 46.9 Å². The molecular formula is C31H36BrN5O3S. The van der Waals surface area contributed by atoms with Crippen LogP contribution in [0.25, 0.3) is 10.9 Å². The van der Waals surface area contributed by atoms with Gasteiger partial charge in [-0.1, -0.05) is 28.1 Å². The van der Waals surface area contributed by atoms with Gasteiger partial charge in [0.2, 0.25) is 11.8 Å². The number of aromatic nitrogens is 3. The van der Waals surface area contributed by atoms with E-state index in [4.69, 9.17) is 17.0 Å². The second-order valence-corrected chi connectivity index (χ2v) is 12.6. The van der Waals surface area contributed by atoms with Gasteiger partial charge in [0.25, 0.3) is 0 Å². The summed E-state index contributed by atoms with van der Waals surface area (Å²) in [6, 6.07) is 14.4. The van der Waals surface area contributed by atoms with Gasteiger partial charge in [-0.3, -0.25) is 14.3 Å².